The molecule has 3 heteroatoms. The van der Waals surface area contributed by atoms with E-state index < -0.39 is 0 Å². The second-order valence-electron chi connectivity index (χ2n) is 4.99. The molecule has 3 nitrogen and oxygen atoms in total. The molecule has 0 aliphatic heterocycles. The van der Waals surface area contributed by atoms with Gasteiger partial charge >= 0.3 is 0 Å². The average molecular weight is 242 g/mol. The summed E-state index contributed by atoms with van der Waals surface area (Å²) in [6.07, 6.45) is 4.09. The summed E-state index contributed by atoms with van der Waals surface area (Å²) in [5, 5.41) is 3.61. The number of hydrogen-bond acceptors (Lipinski definition) is 3. The lowest BCUT2D eigenvalue weighted by Crippen LogP contribution is -2.23. The molecule has 1 aliphatic rings. The van der Waals surface area contributed by atoms with Gasteiger partial charge in [0.25, 0.3) is 0 Å². The summed E-state index contributed by atoms with van der Waals surface area (Å²) < 4.78 is 5.57. The van der Waals surface area contributed by atoms with E-state index in [1.807, 2.05) is 6.92 Å². The van der Waals surface area contributed by atoms with Gasteiger partial charge in [-0.2, -0.15) is 0 Å². The van der Waals surface area contributed by atoms with Crippen LogP contribution in [-0.2, 0) is 6.42 Å². The van der Waals surface area contributed by atoms with Crippen molar-refractivity contribution in [3.05, 3.63) is 53.2 Å². The van der Waals surface area contributed by atoms with Crippen LogP contribution in [0.3, 0.4) is 0 Å². The fourth-order valence-electron chi connectivity index (χ4n) is 2.68. The fourth-order valence-corrected chi connectivity index (χ4v) is 2.68. The second kappa shape index (κ2) is 4.58. The van der Waals surface area contributed by atoms with Gasteiger partial charge in [-0.05, 0) is 37.8 Å². The van der Waals surface area contributed by atoms with Gasteiger partial charge in [-0.1, -0.05) is 24.3 Å². The Morgan fingerprint density at radius 1 is 1.39 bits per heavy atom. The molecule has 1 heterocycles. The SMILES string of the molecule is Cc1cnc(C(C)NC2CCc3ccccc32)o1. The Kier molecular flexibility index (Phi) is 2.92. The van der Waals surface area contributed by atoms with Crippen molar-refractivity contribution in [1.29, 1.82) is 0 Å². The van der Waals surface area contributed by atoms with Crippen molar-refractivity contribution >= 4 is 0 Å². The van der Waals surface area contributed by atoms with Gasteiger partial charge in [-0.15, -0.1) is 0 Å². The van der Waals surface area contributed by atoms with Crippen molar-refractivity contribution in [2.75, 3.05) is 0 Å². The number of oxazole rings is 1. The molecule has 2 unspecified atom stereocenters. The van der Waals surface area contributed by atoms with E-state index in [9.17, 15) is 0 Å². The third-order valence-corrected chi connectivity index (χ3v) is 3.59. The number of benzene rings is 1. The van der Waals surface area contributed by atoms with Gasteiger partial charge in [0.15, 0.2) is 0 Å². The first-order valence-corrected chi connectivity index (χ1v) is 6.50. The molecule has 0 radical (unpaired) electrons. The van der Waals surface area contributed by atoms with Gasteiger partial charge in [0.05, 0.1) is 12.2 Å². The van der Waals surface area contributed by atoms with Crippen LogP contribution in [0.15, 0.2) is 34.9 Å². The van der Waals surface area contributed by atoms with Crippen LogP contribution >= 0.6 is 0 Å². The van der Waals surface area contributed by atoms with Crippen LogP contribution < -0.4 is 5.32 Å². The standard InChI is InChI=1S/C15H18N2O/c1-10-9-16-15(18-10)11(2)17-14-8-7-12-5-3-4-6-13(12)14/h3-6,9,11,14,17H,7-8H2,1-2H3. The third kappa shape index (κ3) is 2.06. The van der Waals surface area contributed by atoms with Crippen LogP contribution in [0, 0.1) is 6.92 Å². The van der Waals surface area contributed by atoms with Crippen molar-refractivity contribution in [1.82, 2.24) is 10.3 Å². The summed E-state index contributed by atoms with van der Waals surface area (Å²) in [5.74, 6) is 1.64. The van der Waals surface area contributed by atoms with E-state index in [1.165, 1.54) is 11.1 Å². The zero-order chi connectivity index (χ0) is 12.5. The predicted octanol–water partition coefficient (Wildman–Crippen LogP) is 3.32. The number of nitrogens with zero attached hydrogens (tertiary/aromatic N) is 1. The summed E-state index contributed by atoms with van der Waals surface area (Å²) in [6.45, 7) is 4.03. The van der Waals surface area contributed by atoms with Crippen molar-refractivity contribution < 1.29 is 4.42 Å². The summed E-state index contributed by atoms with van der Waals surface area (Å²) in [6, 6.07) is 9.23. The highest BCUT2D eigenvalue weighted by Crippen LogP contribution is 2.32. The normalized spacial score (nSPS) is 19.8. The van der Waals surface area contributed by atoms with Crippen LogP contribution in [0.4, 0.5) is 0 Å². The molecule has 18 heavy (non-hydrogen) atoms. The van der Waals surface area contributed by atoms with Crippen molar-refractivity contribution in [3.63, 3.8) is 0 Å². The highest BCUT2D eigenvalue weighted by Gasteiger charge is 2.24. The van der Waals surface area contributed by atoms with Crippen molar-refractivity contribution in [2.24, 2.45) is 0 Å². The largest absolute Gasteiger partial charge is 0.444 e. The van der Waals surface area contributed by atoms with Gasteiger partial charge in [-0.3, -0.25) is 5.32 Å². The van der Waals surface area contributed by atoms with Crippen LogP contribution in [0.2, 0.25) is 0 Å². The monoisotopic (exact) mass is 242 g/mol. The predicted molar refractivity (Wildman–Crippen MR) is 70.3 cm³/mol. The van der Waals surface area contributed by atoms with E-state index in [2.05, 4.69) is 41.5 Å². The molecule has 0 saturated heterocycles. The first kappa shape index (κ1) is 11.5. The molecule has 2 atom stereocenters. The van der Waals surface area contributed by atoms with Crippen LogP contribution in [-0.4, -0.2) is 4.98 Å². The first-order valence-electron chi connectivity index (χ1n) is 6.50. The maximum atomic E-state index is 5.57. The van der Waals surface area contributed by atoms with E-state index >= 15 is 0 Å². The first-order chi connectivity index (χ1) is 8.74. The maximum Gasteiger partial charge on any atom is 0.211 e. The van der Waals surface area contributed by atoms with Gasteiger partial charge in [0.2, 0.25) is 5.89 Å². The molecule has 1 N–H and O–H groups in total. The highest BCUT2D eigenvalue weighted by molar-refractivity contribution is 5.34. The minimum atomic E-state index is 0.148. The quantitative estimate of drug-likeness (QED) is 0.897. The fraction of sp³-hybridized carbons (Fsp3) is 0.400. The smallest absolute Gasteiger partial charge is 0.211 e. The number of aromatic nitrogens is 1. The minimum absolute atomic E-state index is 0.148. The van der Waals surface area contributed by atoms with Gasteiger partial charge in [0, 0.05) is 6.04 Å². The van der Waals surface area contributed by atoms with Gasteiger partial charge < -0.3 is 4.42 Å². The molecule has 1 aromatic heterocycles. The number of aryl methyl sites for hydroxylation is 2. The molecule has 0 spiro atoms. The minimum Gasteiger partial charge on any atom is -0.444 e. The van der Waals surface area contributed by atoms with Crippen LogP contribution in [0.1, 0.15) is 48.2 Å². The molecule has 1 aliphatic carbocycles. The molecule has 1 aromatic carbocycles. The summed E-state index contributed by atoms with van der Waals surface area (Å²) in [4.78, 5) is 4.28. The molecule has 2 aromatic rings. The Morgan fingerprint density at radius 3 is 3.00 bits per heavy atom. The Morgan fingerprint density at radius 2 is 2.22 bits per heavy atom. The Hall–Kier alpha value is -1.61. The summed E-state index contributed by atoms with van der Waals surface area (Å²) in [5.41, 5.74) is 2.89. The van der Waals surface area contributed by atoms with Crippen LogP contribution in [0.25, 0.3) is 0 Å². The van der Waals surface area contributed by atoms with Crippen molar-refractivity contribution in [2.45, 2.75) is 38.8 Å². The molecule has 0 bridgehead atoms. The van der Waals surface area contributed by atoms with Gasteiger partial charge in [-0.25, -0.2) is 4.98 Å². The Labute approximate surface area is 107 Å². The molecule has 94 valence electrons. The molecule has 0 saturated carbocycles. The van der Waals surface area contributed by atoms with Gasteiger partial charge in [0.1, 0.15) is 5.76 Å². The lowest BCUT2D eigenvalue weighted by Gasteiger charge is -2.18. The lowest BCUT2D eigenvalue weighted by molar-refractivity contribution is 0.371. The zero-order valence-electron chi connectivity index (χ0n) is 10.8. The number of hydrogen-bond donors (Lipinski definition) is 1. The van der Waals surface area contributed by atoms with Crippen molar-refractivity contribution in [3.8, 4) is 0 Å². The van der Waals surface area contributed by atoms with E-state index in [-0.39, 0.29) is 6.04 Å². The summed E-state index contributed by atoms with van der Waals surface area (Å²) >= 11 is 0. The van der Waals surface area contributed by atoms with E-state index in [0.29, 0.717) is 6.04 Å². The summed E-state index contributed by atoms with van der Waals surface area (Å²) in [7, 11) is 0. The maximum absolute atomic E-state index is 5.57. The Balaban J connectivity index is 1.75. The molecule has 0 fully saturated rings. The van der Waals surface area contributed by atoms with Crippen LogP contribution in [0.5, 0.6) is 0 Å². The number of nitrogens with one attached hydrogen (secondary N) is 1. The molecule has 3 rings (SSSR count). The lowest BCUT2D eigenvalue weighted by atomic mass is 10.1. The van der Waals surface area contributed by atoms with E-state index in [4.69, 9.17) is 4.42 Å². The topological polar surface area (TPSA) is 38.1 Å². The Bertz CT molecular complexity index is 547. The van der Waals surface area contributed by atoms with E-state index in [0.717, 1.165) is 24.5 Å². The number of rotatable bonds is 3. The highest BCUT2D eigenvalue weighted by atomic mass is 16.4. The second-order valence-corrected chi connectivity index (χ2v) is 4.99. The molecular formula is C15H18N2O. The molecular weight excluding hydrogens is 224 g/mol. The average Bonchev–Trinajstić information content (AvgIpc) is 2.97. The van der Waals surface area contributed by atoms with E-state index in [1.54, 1.807) is 6.20 Å². The number of fused-ring (bicyclic) bond motifs is 1. The molecule has 0 amide bonds. The zero-order valence-corrected chi connectivity index (χ0v) is 10.8. The third-order valence-electron chi connectivity index (χ3n) is 3.59.